The third-order valence-electron chi connectivity index (χ3n) is 3.51. The molecule has 18 heavy (non-hydrogen) atoms. The number of nitrogens with one attached hydrogen (secondary N) is 1. The first-order valence-electron chi connectivity index (χ1n) is 6.72. The summed E-state index contributed by atoms with van der Waals surface area (Å²) in [5, 5.41) is 3.01. The summed E-state index contributed by atoms with van der Waals surface area (Å²) in [5.41, 5.74) is 1.97. The van der Waals surface area contributed by atoms with Crippen molar-refractivity contribution in [2.75, 3.05) is 6.61 Å². The predicted molar refractivity (Wildman–Crippen MR) is 71.7 cm³/mol. The number of hydrogen-bond donors (Lipinski definition) is 1. The molecule has 1 saturated heterocycles. The smallest absolute Gasteiger partial charge is 0.251 e. The second-order valence-electron chi connectivity index (χ2n) is 4.86. The quantitative estimate of drug-likeness (QED) is 0.888. The van der Waals surface area contributed by atoms with Crippen molar-refractivity contribution >= 4 is 5.91 Å². The van der Waals surface area contributed by atoms with Gasteiger partial charge in [-0.1, -0.05) is 19.1 Å². The highest BCUT2D eigenvalue weighted by atomic mass is 16.5. The third kappa shape index (κ3) is 3.10. The van der Waals surface area contributed by atoms with E-state index in [9.17, 15) is 4.79 Å². The summed E-state index contributed by atoms with van der Waals surface area (Å²) < 4.78 is 5.57. The summed E-state index contributed by atoms with van der Waals surface area (Å²) in [6, 6.07) is 7.86. The Morgan fingerprint density at radius 3 is 2.72 bits per heavy atom. The summed E-state index contributed by atoms with van der Waals surface area (Å²) in [6.45, 7) is 4.93. The van der Waals surface area contributed by atoms with Crippen LogP contribution in [-0.2, 0) is 11.2 Å². The average molecular weight is 247 g/mol. The van der Waals surface area contributed by atoms with E-state index < -0.39 is 0 Å². The first-order chi connectivity index (χ1) is 8.70. The number of hydrogen-bond acceptors (Lipinski definition) is 2. The van der Waals surface area contributed by atoms with Crippen molar-refractivity contribution in [2.24, 2.45) is 0 Å². The highest BCUT2D eigenvalue weighted by Gasteiger charge is 2.23. The van der Waals surface area contributed by atoms with Crippen LogP contribution in [0.3, 0.4) is 0 Å². The standard InChI is InChI=1S/C15H21NO2/c1-3-12-6-8-13(9-7-12)15(17)16-11(2)14-5-4-10-18-14/h6-9,11,14H,3-5,10H2,1-2H3,(H,16,17). The number of carbonyl (C=O) groups is 1. The highest BCUT2D eigenvalue weighted by molar-refractivity contribution is 5.94. The molecule has 0 bridgehead atoms. The minimum Gasteiger partial charge on any atom is -0.376 e. The van der Waals surface area contributed by atoms with Crippen LogP contribution >= 0.6 is 0 Å². The number of ether oxygens (including phenoxy) is 1. The van der Waals surface area contributed by atoms with E-state index in [4.69, 9.17) is 4.74 Å². The maximum absolute atomic E-state index is 12.0. The molecule has 2 atom stereocenters. The zero-order valence-corrected chi connectivity index (χ0v) is 11.1. The van der Waals surface area contributed by atoms with Gasteiger partial charge in [0.2, 0.25) is 0 Å². The molecule has 2 rings (SSSR count). The van der Waals surface area contributed by atoms with Gasteiger partial charge >= 0.3 is 0 Å². The fourth-order valence-corrected chi connectivity index (χ4v) is 2.27. The van der Waals surface area contributed by atoms with E-state index in [1.807, 2.05) is 31.2 Å². The van der Waals surface area contributed by atoms with E-state index in [1.165, 1.54) is 5.56 Å². The molecule has 2 unspecified atom stereocenters. The minimum atomic E-state index is -0.0133. The van der Waals surface area contributed by atoms with Gasteiger partial charge in [0.05, 0.1) is 12.1 Å². The molecular formula is C15H21NO2. The maximum Gasteiger partial charge on any atom is 0.251 e. The largest absolute Gasteiger partial charge is 0.376 e. The lowest BCUT2D eigenvalue weighted by Gasteiger charge is -2.20. The zero-order valence-electron chi connectivity index (χ0n) is 11.1. The van der Waals surface area contributed by atoms with Gasteiger partial charge in [-0.05, 0) is 43.9 Å². The van der Waals surface area contributed by atoms with Crippen LogP contribution in [0.5, 0.6) is 0 Å². The molecule has 1 amide bonds. The lowest BCUT2D eigenvalue weighted by molar-refractivity contribution is 0.0712. The van der Waals surface area contributed by atoms with Crippen LogP contribution in [0.2, 0.25) is 0 Å². The van der Waals surface area contributed by atoms with Crippen LogP contribution in [0.4, 0.5) is 0 Å². The summed E-state index contributed by atoms with van der Waals surface area (Å²) in [4.78, 5) is 12.0. The molecule has 0 aliphatic carbocycles. The van der Waals surface area contributed by atoms with E-state index >= 15 is 0 Å². The van der Waals surface area contributed by atoms with Crippen LogP contribution in [0.15, 0.2) is 24.3 Å². The Morgan fingerprint density at radius 2 is 2.17 bits per heavy atom. The summed E-state index contributed by atoms with van der Waals surface area (Å²) >= 11 is 0. The van der Waals surface area contributed by atoms with Gasteiger partial charge in [-0.25, -0.2) is 0 Å². The maximum atomic E-state index is 12.0. The Kier molecular flexibility index (Phi) is 4.37. The average Bonchev–Trinajstić information content (AvgIpc) is 2.92. The molecule has 1 aromatic rings. The normalized spacial score (nSPS) is 20.7. The fraction of sp³-hybridized carbons (Fsp3) is 0.533. The molecule has 98 valence electrons. The number of rotatable bonds is 4. The van der Waals surface area contributed by atoms with Crippen LogP contribution < -0.4 is 5.32 Å². The number of amides is 1. The van der Waals surface area contributed by atoms with Crippen molar-refractivity contribution in [3.63, 3.8) is 0 Å². The Labute approximate surface area is 109 Å². The summed E-state index contributed by atoms with van der Waals surface area (Å²) in [7, 11) is 0. The SMILES string of the molecule is CCc1ccc(C(=O)NC(C)C2CCCO2)cc1. The zero-order chi connectivity index (χ0) is 13.0. The van der Waals surface area contributed by atoms with Gasteiger partial charge in [0.15, 0.2) is 0 Å². The van der Waals surface area contributed by atoms with Gasteiger partial charge in [0.1, 0.15) is 0 Å². The Balaban J connectivity index is 1.93. The fourth-order valence-electron chi connectivity index (χ4n) is 2.27. The highest BCUT2D eigenvalue weighted by Crippen LogP contribution is 2.16. The molecule has 1 heterocycles. The van der Waals surface area contributed by atoms with Gasteiger partial charge < -0.3 is 10.1 Å². The van der Waals surface area contributed by atoms with Crippen molar-refractivity contribution in [2.45, 2.75) is 45.3 Å². The first-order valence-corrected chi connectivity index (χ1v) is 6.72. The van der Waals surface area contributed by atoms with Crippen LogP contribution in [0, 0.1) is 0 Å². The second kappa shape index (κ2) is 6.01. The Bertz CT molecular complexity index is 393. The van der Waals surface area contributed by atoms with Crippen LogP contribution in [0.1, 0.15) is 42.6 Å². The minimum absolute atomic E-state index is 0.0133. The van der Waals surface area contributed by atoms with Gasteiger partial charge in [-0.2, -0.15) is 0 Å². The van der Waals surface area contributed by atoms with E-state index in [1.54, 1.807) is 0 Å². The molecule has 1 aliphatic heterocycles. The van der Waals surface area contributed by atoms with E-state index in [0.29, 0.717) is 0 Å². The van der Waals surface area contributed by atoms with Gasteiger partial charge in [0, 0.05) is 12.2 Å². The predicted octanol–water partition coefficient (Wildman–Crippen LogP) is 2.55. The second-order valence-corrected chi connectivity index (χ2v) is 4.86. The molecule has 3 nitrogen and oxygen atoms in total. The molecule has 1 aliphatic rings. The molecule has 1 fully saturated rings. The van der Waals surface area contributed by atoms with Crippen molar-refractivity contribution in [1.29, 1.82) is 0 Å². The van der Waals surface area contributed by atoms with E-state index in [2.05, 4.69) is 12.2 Å². The van der Waals surface area contributed by atoms with Gasteiger partial charge in [-0.3, -0.25) is 4.79 Å². The lowest BCUT2D eigenvalue weighted by atomic mass is 10.1. The van der Waals surface area contributed by atoms with Crippen LogP contribution in [0.25, 0.3) is 0 Å². The summed E-state index contributed by atoms with van der Waals surface area (Å²) in [5.74, 6) is -0.0133. The van der Waals surface area contributed by atoms with Crippen LogP contribution in [-0.4, -0.2) is 24.7 Å². The topological polar surface area (TPSA) is 38.3 Å². The third-order valence-corrected chi connectivity index (χ3v) is 3.51. The van der Waals surface area contributed by atoms with E-state index in [-0.39, 0.29) is 18.1 Å². The number of carbonyl (C=O) groups excluding carboxylic acids is 1. The van der Waals surface area contributed by atoms with E-state index in [0.717, 1.165) is 31.4 Å². The molecule has 0 aromatic heterocycles. The van der Waals surface area contributed by atoms with Crippen molar-refractivity contribution in [1.82, 2.24) is 5.32 Å². The molecule has 0 radical (unpaired) electrons. The van der Waals surface area contributed by atoms with Gasteiger partial charge in [0.25, 0.3) is 5.91 Å². The molecule has 3 heteroatoms. The Hall–Kier alpha value is -1.35. The summed E-state index contributed by atoms with van der Waals surface area (Å²) in [6.07, 6.45) is 3.30. The lowest BCUT2D eigenvalue weighted by Crippen LogP contribution is -2.40. The first kappa shape index (κ1) is 13.1. The van der Waals surface area contributed by atoms with Crippen molar-refractivity contribution < 1.29 is 9.53 Å². The Morgan fingerprint density at radius 1 is 1.44 bits per heavy atom. The number of benzene rings is 1. The number of aryl methyl sites for hydroxylation is 1. The van der Waals surface area contributed by atoms with Gasteiger partial charge in [-0.15, -0.1) is 0 Å². The molecular weight excluding hydrogens is 226 g/mol. The van der Waals surface area contributed by atoms with Crippen molar-refractivity contribution in [3.05, 3.63) is 35.4 Å². The van der Waals surface area contributed by atoms with Crippen molar-refractivity contribution in [3.8, 4) is 0 Å². The molecule has 1 aromatic carbocycles. The molecule has 0 spiro atoms. The molecule has 0 saturated carbocycles. The molecule has 1 N–H and O–H groups in total. The monoisotopic (exact) mass is 247 g/mol.